The Labute approximate surface area is 119 Å². The first-order chi connectivity index (χ1) is 9.19. The summed E-state index contributed by atoms with van der Waals surface area (Å²) in [5, 5.41) is 4.19. The molecule has 0 saturated heterocycles. The smallest absolute Gasteiger partial charge is 0.268 e. The summed E-state index contributed by atoms with van der Waals surface area (Å²) in [7, 11) is 3.57. The molecule has 0 aromatic carbocycles. The number of hydrogen-bond acceptors (Lipinski definition) is 4. The summed E-state index contributed by atoms with van der Waals surface area (Å²) >= 11 is 5.61. The SMILES string of the molecule is COCCN(C)c1cnn(CCCCCCl)c(=O)c1. The molecule has 0 spiro atoms. The maximum atomic E-state index is 11.9. The molecule has 108 valence electrons. The van der Waals surface area contributed by atoms with Crippen LogP contribution in [-0.2, 0) is 11.3 Å². The van der Waals surface area contributed by atoms with Crippen LogP contribution in [0.25, 0.3) is 0 Å². The molecule has 0 radical (unpaired) electrons. The van der Waals surface area contributed by atoms with Gasteiger partial charge in [0.1, 0.15) is 0 Å². The van der Waals surface area contributed by atoms with E-state index in [0.29, 0.717) is 19.0 Å². The number of halogens is 1. The molecule has 19 heavy (non-hydrogen) atoms. The van der Waals surface area contributed by atoms with E-state index < -0.39 is 0 Å². The quantitative estimate of drug-likeness (QED) is 0.513. The Bertz CT molecular complexity index is 423. The van der Waals surface area contributed by atoms with Gasteiger partial charge in [0, 0.05) is 39.2 Å². The first-order valence-corrected chi connectivity index (χ1v) is 7.05. The van der Waals surface area contributed by atoms with Crippen LogP contribution in [0.5, 0.6) is 0 Å². The van der Waals surface area contributed by atoms with Crippen molar-refractivity contribution in [2.75, 3.05) is 38.1 Å². The number of nitrogens with zero attached hydrogens (tertiary/aromatic N) is 3. The molecule has 0 fully saturated rings. The van der Waals surface area contributed by atoms with Gasteiger partial charge in [0.05, 0.1) is 18.5 Å². The first kappa shape index (κ1) is 16.0. The van der Waals surface area contributed by atoms with E-state index in [2.05, 4.69) is 5.10 Å². The number of aromatic nitrogens is 2. The zero-order valence-electron chi connectivity index (χ0n) is 11.6. The number of rotatable bonds is 9. The maximum Gasteiger partial charge on any atom is 0.268 e. The third kappa shape index (κ3) is 5.61. The predicted octanol–water partition coefficient (Wildman–Crippen LogP) is 1.74. The summed E-state index contributed by atoms with van der Waals surface area (Å²) in [5.74, 6) is 0.672. The van der Waals surface area contributed by atoms with Crippen molar-refractivity contribution >= 4 is 17.3 Å². The van der Waals surface area contributed by atoms with Gasteiger partial charge in [-0.2, -0.15) is 5.10 Å². The molecule has 5 nitrogen and oxygen atoms in total. The van der Waals surface area contributed by atoms with Crippen LogP contribution in [0, 0.1) is 0 Å². The van der Waals surface area contributed by atoms with E-state index >= 15 is 0 Å². The fourth-order valence-electron chi connectivity index (χ4n) is 1.69. The van der Waals surface area contributed by atoms with Crippen molar-refractivity contribution < 1.29 is 4.74 Å². The molecule has 0 N–H and O–H groups in total. The molecular formula is C13H22ClN3O2. The Morgan fingerprint density at radius 2 is 2.21 bits per heavy atom. The summed E-state index contributed by atoms with van der Waals surface area (Å²) in [4.78, 5) is 13.9. The summed E-state index contributed by atoms with van der Waals surface area (Å²) in [6.45, 7) is 2.01. The highest BCUT2D eigenvalue weighted by atomic mass is 35.5. The van der Waals surface area contributed by atoms with Crippen LogP contribution in [0.2, 0.25) is 0 Å². The molecule has 0 aliphatic carbocycles. The number of alkyl halides is 1. The lowest BCUT2D eigenvalue weighted by atomic mass is 10.2. The van der Waals surface area contributed by atoms with Gasteiger partial charge in [0.2, 0.25) is 0 Å². The van der Waals surface area contributed by atoms with E-state index in [4.69, 9.17) is 16.3 Å². The van der Waals surface area contributed by atoms with E-state index in [0.717, 1.165) is 31.5 Å². The average molecular weight is 288 g/mol. The van der Waals surface area contributed by atoms with Crippen LogP contribution in [0.4, 0.5) is 5.69 Å². The zero-order valence-corrected chi connectivity index (χ0v) is 12.4. The minimum Gasteiger partial charge on any atom is -0.383 e. The number of hydrogen-bond donors (Lipinski definition) is 0. The Morgan fingerprint density at radius 3 is 2.84 bits per heavy atom. The molecule has 1 aromatic rings. The van der Waals surface area contributed by atoms with Gasteiger partial charge in [-0.15, -0.1) is 11.6 Å². The third-order valence-electron chi connectivity index (χ3n) is 2.93. The number of methoxy groups -OCH3 is 1. The Hall–Kier alpha value is -1.07. The molecule has 0 saturated carbocycles. The van der Waals surface area contributed by atoms with Gasteiger partial charge >= 0.3 is 0 Å². The fraction of sp³-hybridized carbons (Fsp3) is 0.692. The van der Waals surface area contributed by atoms with Crippen molar-refractivity contribution in [3.05, 3.63) is 22.6 Å². The largest absolute Gasteiger partial charge is 0.383 e. The van der Waals surface area contributed by atoms with Crippen molar-refractivity contribution in [1.29, 1.82) is 0 Å². The molecular weight excluding hydrogens is 266 g/mol. The zero-order chi connectivity index (χ0) is 14.1. The standard InChI is InChI=1S/C13H22ClN3O2/c1-16(8-9-19-2)12-10-13(18)17(15-11-12)7-5-3-4-6-14/h10-11H,3-9H2,1-2H3. The second-order valence-electron chi connectivity index (χ2n) is 4.44. The van der Waals surface area contributed by atoms with Crippen molar-refractivity contribution in [3.63, 3.8) is 0 Å². The van der Waals surface area contributed by atoms with Crippen LogP contribution in [0.3, 0.4) is 0 Å². The summed E-state index contributed by atoms with van der Waals surface area (Å²) in [5.41, 5.74) is 0.756. The second kappa shape index (κ2) is 8.93. The van der Waals surface area contributed by atoms with Crippen LogP contribution in [0.1, 0.15) is 19.3 Å². The van der Waals surface area contributed by atoms with Crippen molar-refractivity contribution in [1.82, 2.24) is 9.78 Å². The summed E-state index contributed by atoms with van der Waals surface area (Å²) in [6.07, 6.45) is 4.65. The number of unbranched alkanes of at least 4 members (excludes halogenated alkanes) is 2. The molecule has 0 unspecified atom stereocenters. The van der Waals surface area contributed by atoms with Gasteiger partial charge < -0.3 is 9.64 Å². The van der Waals surface area contributed by atoms with E-state index in [9.17, 15) is 4.79 Å². The second-order valence-corrected chi connectivity index (χ2v) is 4.82. The highest BCUT2D eigenvalue weighted by Crippen LogP contribution is 2.06. The Kier molecular flexibility index (Phi) is 7.52. The molecule has 6 heteroatoms. The normalized spacial score (nSPS) is 10.7. The Morgan fingerprint density at radius 1 is 1.42 bits per heavy atom. The first-order valence-electron chi connectivity index (χ1n) is 6.52. The van der Waals surface area contributed by atoms with Crippen molar-refractivity contribution in [2.45, 2.75) is 25.8 Å². The molecule has 0 amide bonds. The molecule has 1 aromatic heterocycles. The van der Waals surface area contributed by atoms with Crippen molar-refractivity contribution in [2.24, 2.45) is 0 Å². The van der Waals surface area contributed by atoms with E-state index in [1.165, 1.54) is 4.68 Å². The third-order valence-corrected chi connectivity index (χ3v) is 3.20. The van der Waals surface area contributed by atoms with Crippen LogP contribution in [0.15, 0.2) is 17.1 Å². The molecule has 1 rings (SSSR count). The van der Waals surface area contributed by atoms with Crippen molar-refractivity contribution in [3.8, 4) is 0 Å². The average Bonchev–Trinajstić information content (AvgIpc) is 2.42. The lowest BCUT2D eigenvalue weighted by Crippen LogP contribution is -2.27. The monoisotopic (exact) mass is 287 g/mol. The van der Waals surface area contributed by atoms with Gasteiger partial charge in [0.15, 0.2) is 0 Å². The summed E-state index contributed by atoms with van der Waals surface area (Å²) < 4.78 is 6.51. The molecule has 0 aliphatic rings. The molecule has 0 atom stereocenters. The number of aryl methyl sites for hydroxylation is 1. The maximum absolute atomic E-state index is 11.9. The highest BCUT2D eigenvalue weighted by molar-refractivity contribution is 6.17. The van der Waals surface area contributed by atoms with Crippen LogP contribution in [-0.4, -0.2) is 43.0 Å². The Balaban J connectivity index is 2.56. The summed E-state index contributed by atoms with van der Waals surface area (Å²) in [6, 6.07) is 1.62. The number of ether oxygens (including phenoxy) is 1. The minimum atomic E-state index is -0.0624. The van der Waals surface area contributed by atoms with Gasteiger partial charge in [-0.1, -0.05) is 6.42 Å². The highest BCUT2D eigenvalue weighted by Gasteiger charge is 2.04. The van der Waals surface area contributed by atoms with Gasteiger partial charge in [-0.3, -0.25) is 4.79 Å². The van der Waals surface area contributed by atoms with E-state index in [1.54, 1.807) is 19.4 Å². The minimum absolute atomic E-state index is 0.0624. The van der Waals surface area contributed by atoms with Crippen LogP contribution >= 0.6 is 11.6 Å². The molecule has 0 aliphatic heterocycles. The number of anilines is 1. The van der Waals surface area contributed by atoms with E-state index in [-0.39, 0.29) is 5.56 Å². The molecule has 1 heterocycles. The van der Waals surface area contributed by atoms with Gasteiger partial charge in [-0.05, 0) is 12.8 Å². The lowest BCUT2D eigenvalue weighted by Gasteiger charge is -2.18. The lowest BCUT2D eigenvalue weighted by molar-refractivity contribution is 0.206. The van der Waals surface area contributed by atoms with Gasteiger partial charge in [-0.25, -0.2) is 4.68 Å². The van der Waals surface area contributed by atoms with E-state index in [1.807, 2.05) is 11.9 Å². The molecule has 0 bridgehead atoms. The fourth-order valence-corrected chi connectivity index (χ4v) is 1.88. The van der Waals surface area contributed by atoms with Gasteiger partial charge in [0.25, 0.3) is 5.56 Å². The predicted molar refractivity (Wildman–Crippen MR) is 78.2 cm³/mol. The number of likely N-dealkylation sites (N-methyl/N-ethyl adjacent to an activating group) is 1. The van der Waals surface area contributed by atoms with Crippen LogP contribution < -0.4 is 10.5 Å². The topological polar surface area (TPSA) is 47.4 Å².